The minimum absolute atomic E-state index is 0.0395. The molecular formula is C43H78NO8P. The quantitative estimate of drug-likeness (QED) is 0.0202. The van der Waals surface area contributed by atoms with E-state index in [2.05, 4.69) is 26.0 Å². The third-order valence-electron chi connectivity index (χ3n) is 8.71. The second-order valence-electron chi connectivity index (χ2n) is 15.1. The van der Waals surface area contributed by atoms with E-state index in [0.717, 1.165) is 44.9 Å². The van der Waals surface area contributed by atoms with E-state index in [4.69, 9.17) is 18.5 Å². The van der Waals surface area contributed by atoms with E-state index in [9.17, 15) is 19.0 Å². The van der Waals surface area contributed by atoms with Gasteiger partial charge in [-0.25, -0.2) is 0 Å². The molecule has 0 radical (unpaired) electrons. The summed E-state index contributed by atoms with van der Waals surface area (Å²) in [5.41, 5.74) is 0. The topological polar surface area (TPSA) is 111 Å². The predicted molar refractivity (Wildman–Crippen MR) is 217 cm³/mol. The molecule has 308 valence electrons. The van der Waals surface area contributed by atoms with Gasteiger partial charge in [0, 0.05) is 12.8 Å². The van der Waals surface area contributed by atoms with Crippen LogP contribution < -0.4 is 4.89 Å². The second kappa shape index (κ2) is 35.7. The molecule has 0 saturated carbocycles. The van der Waals surface area contributed by atoms with Gasteiger partial charge in [0.25, 0.3) is 7.82 Å². The summed E-state index contributed by atoms with van der Waals surface area (Å²) in [6.45, 7) is 4.03. The fourth-order valence-electron chi connectivity index (χ4n) is 5.43. The van der Waals surface area contributed by atoms with Gasteiger partial charge < -0.3 is 27.9 Å². The summed E-state index contributed by atoms with van der Waals surface area (Å²) in [7, 11) is 1.13. The molecule has 0 amide bonds. The number of phosphoric acid groups is 1. The monoisotopic (exact) mass is 768 g/mol. The third-order valence-corrected chi connectivity index (χ3v) is 9.67. The van der Waals surface area contributed by atoms with Crippen molar-refractivity contribution < 1.29 is 42.1 Å². The van der Waals surface area contributed by atoms with Crippen molar-refractivity contribution in [3.8, 4) is 0 Å². The van der Waals surface area contributed by atoms with E-state index < -0.39 is 32.5 Å². The Morgan fingerprint density at radius 3 is 1.60 bits per heavy atom. The Bertz CT molecular complexity index is 1050. The number of hydrogen-bond acceptors (Lipinski definition) is 8. The molecule has 0 aromatic heterocycles. The highest BCUT2D eigenvalue weighted by molar-refractivity contribution is 7.45. The number of unbranched alkanes of at least 4 members (excludes halogenated alkanes) is 18. The Kier molecular flexibility index (Phi) is 34.3. The van der Waals surface area contributed by atoms with Crippen molar-refractivity contribution in [2.24, 2.45) is 0 Å². The molecule has 0 aliphatic heterocycles. The molecular weight excluding hydrogens is 689 g/mol. The molecule has 2 unspecified atom stereocenters. The first-order valence-electron chi connectivity index (χ1n) is 20.9. The molecule has 9 nitrogen and oxygen atoms in total. The van der Waals surface area contributed by atoms with Crippen molar-refractivity contribution in [1.29, 1.82) is 0 Å². The van der Waals surface area contributed by atoms with Gasteiger partial charge in [-0.2, -0.15) is 0 Å². The van der Waals surface area contributed by atoms with E-state index in [-0.39, 0.29) is 26.1 Å². The predicted octanol–water partition coefficient (Wildman–Crippen LogP) is 10.9. The summed E-state index contributed by atoms with van der Waals surface area (Å²) in [6, 6.07) is 0. The molecule has 0 fully saturated rings. The van der Waals surface area contributed by atoms with Crippen LogP contribution in [-0.4, -0.2) is 70.0 Å². The normalized spacial score (nSPS) is 14.2. The maximum atomic E-state index is 12.6. The molecule has 0 spiro atoms. The van der Waals surface area contributed by atoms with Gasteiger partial charge >= 0.3 is 11.9 Å². The van der Waals surface area contributed by atoms with Gasteiger partial charge in [0.05, 0.1) is 27.7 Å². The first-order chi connectivity index (χ1) is 25.5. The molecule has 0 aliphatic rings. The van der Waals surface area contributed by atoms with Crippen LogP contribution >= 0.6 is 7.82 Å². The van der Waals surface area contributed by atoms with Crippen LogP contribution in [0.25, 0.3) is 0 Å². The van der Waals surface area contributed by atoms with E-state index in [0.29, 0.717) is 17.4 Å². The van der Waals surface area contributed by atoms with Crippen LogP contribution in [0.1, 0.15) is 162 Å². The van der Waals surface area contributed by atoms with Gasteiger partial charge in [0.1, 0.15) is 19.8 Å². The van der Waals surface area contributed by atoms with Crippen LogP contribution in [0.4, 0.5) is 0 Å². The lowest BCUT2D eigenvalue weighted by Crippen LogP contribution is -2.37. The number of hydrogen-bond donors (Lipinski definition) is 0. The first kappa shape index (κ1) is 51.0. The van der Waals surface area contributed by atoms with Crippen molar-refractivity contribution >= 4 is 19.8 Å². The first-order valence-corrected chi connectivity index (χ1v) is 22.4. The van der Waals surface area contributed by atoms with Crippen LogP contribution in [0.2, 0.25) is 0 Å². The van der Waals surface area contributed by atoms with E-state index in [1.165, 1.54) is 83.5 Å². The van der Waals surface area contributed by atoms with Gasteiger partial charge in [-0.3, -0.25) is 14.2 Å². The average Bonchev–Trinajstić information content (AvgIpc) is 3.10. The molecule has 0 aromatic carbocycles. The number of likely N-dealkylation sites (N-methyl/N-ethyl adjacent to an activating group) is 1. The van der Waals surface area contributed by atoms with Gasteiger partial charge in [-0.05, 0) is 32.1 Å². The number of carbonyl (C=O) groups excluding carboxylic acids is 2. The van der Waals surface area contributed by atoms with Crippen LogP contribution in [0, 0.1) is 0 Å². The number of allylic oxidation sites excluding steroid dienone is 8. The number of carbonyl (C=O) groups is 2. The number of esters is 2. The molecule has 0 heterocycles. The van der Waals surface area contributed by atoms with Crippen LogP contribution in [0.3, 0.4) is 0 Å². The standard InChI is InChI=1S/C43H78NO8P/c1-6-8-10-12-14-16-18-20-21-22-24-25-27-29-31-33-35-42(45)49-39-41(40-51-53(47,48)50-38-37-44(3,4)5)52-43(46)36-34-32-30-28-26-23-19-17-15-13-11-9-7-2/h9,11,13,15,17,19,23,26,41H,6-8,10,12,14,16,18,20-22,24-25,27-40H2,1-5H3/b11-9+,15-13+,19-17+,26-23+. The summed E-state index contributed by atoms with van der Waals surface area (Å²) < 4.78 is 33.8. The lowest BCUT2D eigenvalue weighted by atomic mass is 10.0. The van der Waals surface area contributed by atoms with Crippen LogP contribution in [-0.2, 0) is 32.7 Å². The number of ether oxygens (including phenoxy) is 2. The summed E-state index contributed by atoms with van der Waals surface area (Å²) >= 11 is 0. The summed E-state index contributed by atoms with van der Waals surface area (Å²) in [5, 5.41) is 0. The maximum absolute atomic E-state index is 12.6. The van der Waals surface area contributed by atoms with Gasteiger partial charge in [-0.1, -0.05) is 165 Å². The lowest BCUT2D eigenvalue weighted by Gasteiger charge is -2.28. The highest BCUT2D eigenvalue weighted by Gasteiger charge is 2.21. The molecule has 0 N–H and O–H groups in total. The highest BCUT2D eigenvalue weighted by atomic mass is 31.2. The molecule has 2 atom stereocenters. The molecule has 10 heteroatoms. The van der Waals surface area contributed by atoms with Crippen molar-refractivity contribution in [3.63, 3.8) is 0 Å². The van der Waals surface area contributed by atoms with Gasteiger partial charge in [0.2, 0.25) is 0 Å². The summed E-state index contributed by atoms with van der Waals surface area (Å²) in [5.74, 6) is -0.880. The minimum Gasteiger partial charge on any atom is -0.756 e. The lowest BCUT2D eigenvalue weighted by molar-refractivity contribution is -0.870. The minimum atomic E-state index is -4.63. The van der Waals surface area contributed by atoms with Gasteiger partial charge in [0.15, 0.2) is 6.10 Å². The fraction of sp³-hybridized carbons (Fsp3) is 0.767. The Balaban J connectivity index is 4.42. The third kappa shape index (κ3) is 39.5. The maximum Gasteiger partial charge on any atom is 0.306 e. The molecule has 53 heavy (non-hydrogen) atoms. The summed E-state index contributed by atoms with van der Waals surface area (Å²) in [4.78, 5) is 37.4. The van der Waals surface area contributed by atoms with Crippen molar-refractivity contribution in [1.82, 2.24) is 0 Å². The number of rotatable bonds is 37. The largest absolute Gasteiger partial charge is 0.756 e. The van der Waals surface area contributed by atoms with Crippen molar-refractivity contribution in [2.75, 3.05) is 47.5 Å². The molecule has 0 rings (SSSR count). The second-order valence-corrected chi connectivity index (χ2v) is 16.5. The van der Waals surface area contributed by atoms with E-state index in [1.54, 1.807) is 0 Å². The zero-order valence-corrected chi connectivity index (χ0v) is 35.3. The Morgan fingerprint density at radius 1 is 0.604 bits per heavy atom. The molecule has 0 bridgehead atoms. The highest BCUT2D eigenvalue weighted by Crippen LogP contribution is 2.38. The zero-order chi connectivity index (χ0) is 39.3. The Hall–Kier alpha value is -2.03. The number of phosphoric ester groups is 1. The fourth-order valence-corrected chi connectivity index (χ4v) is 6.16. The Morgan fingerprint density at radius 2 is 1.08 bits per heavy atom. The zero-order valence-electron chi connectivity index (χ0n) is 34.4. The van der Waals surface area contributed by atoms with Crippen LogP contribution in [0.15, 0.2) is 48.6 Å². The number of quaternary nitrogens is 1. The van der Waals surface area contributed by atoms with Crippen molar-refractivity contribution in [2.45, 2.75) is 168 Å². The average molecular weight is 768 g/mol. The van der Waals surface area contributed by atoms with Crippen molar-refractivity contribution in [3.05, 3.63) is 48.6 Å². The molecule has 0 aliphatic carbocycles. The van der Waals surface area contributed by atoms with E-state index >= 15 is 0 Å². The molecule has 0 saturated heterocycles. The van der Waals surface area contributed by atoms with Gasteiger partial charge in [-0.15, -0.1) is 0 Å². The van der Waals surface area contributed by atoms with E-state index in [1.807, 2.05) is 57.6 Å². The SMILES string of the molecule is CC/C=C/C=C/C=C/C=C/CCCCCC(=O)OC(COC(=O)CCCCCCCCCCCCCCCCCC)COP(=O)([O-])OCC[N+](C)(C)C. The van der Waals surface area contributed by atoms with Crippen LogP contribution in [0.5, 0.6) is 0 Å². The number of nitrogens with zero attached hydrogens (tertiary/aromatic N) is 1. The molecule has 0 aromatic rings. The Labute approximate surface area is 324 Å². The summed E-state index contributed by atoms with van der Waals surface area (Å²) in [6.07, 6.45) is 40.0. The smallest absolute Gasteiger partial charge is 0.306 e.